The Labute approximate surface area is 112 Å². The first-order chi connectivity index (χ1) is 7.90. The van der Waals surface area contributed by atoms with Gasteiger partial charge >= 0.3 is 0 Å². The second-order valence-electron chi connectivity index (χ2n) is 4.75. The lowest BCUT2D eigenvalue weighted by Gasteiger charge is -2.34. The van der Waals surface area contributed by atoms with Crippen LogP contribution in [0.15, 0.2) is 28.7 Å². The summed E-state index contributed by atoms with van der Waals surface area (Å²) in [7, 11) is 3.92. The Bertz CT molecular complexity index is 386. The highest BCUT2D eigenvalue weighted by Crippen LogP contribution is 2.20. The minimum absolute atomic E-state index is 0.271. The molecule has 0 saturated heterocycles. The maximum absolute atomic E-state index is 12.3. The number of halogens is 1. The molecule has 1 rings (SSSR count). The first-order valence-electron chi connectivity index (χ1n) is 5.85. The minimum atomic E-state index is -0.368. The van der Waals surface area contributed by atoms with Crippen LogP contribution < -0.4 is 0 Å². The fourth-order valence-corrected chi connectivity index (χ4v) is 2.01. The maximum atomic E-state index is 12.3. The molecule has 3 heteroatoms. The molecule has 94 valence electrons. The predicted octanol–water partition coefficient (Wildman–Crippen LogP) is 3.29. The van der Waals surface area contributed by atoms with E-state index in [-0.39, 0.29) is 11.3 Å². The Morgan fingerprint density at radius 2 is 1.82 bits per heavy atom. The van der Waals surface area contributed by atoms with Crippen LogP contribution in [0.5, 0.6) is 0 Å². The van der Waals surface area contributed by atoms with Gasteiger partial charge in [0.2, 0.25) is 0 Å². The number of ketones is 1. The number of hydrogen-bond donors (Lipinski definition) is 0. The van der Waals surface area contributed by atoms with E-state index in [4.69, 9.17) is 0 Å². The van der Waals surface area contributed by atoms with Crippen LogP contribution in [0.4, 0.5) is 0 Å². The molecule has 0 aliphatic carbocycles. The van der Waals surface area contributed by atoms with Crippen molar-refractivity contribution in [1.29, 1.82) is 0 Å². The van der Waals surface area contributed by atoms with Gasteiger partial charge in [0, 0.05) is 10.9 Å². The topological polar surface area (TPSA) is 20.3 Å². The Hall–Kier alpha value is -0.670. The smallest absolute Gasteiger partial charge is 0.157 e. The van der Waals surface area contributed by atoms with Gasteiger partial charge in [-0.15, -0.1) is 0 Å². The number of likely N-dealkylation sites (N-methyl/N-ethyl adjacent to an activating group) is 1. The second kappa shape index (κ2) is 5.78. The van der Waals surface area contributed by atoms with E-state index < -0.39 is 0 Å². The van der Waals surface area contributed by atoms with Crippen LogP contribution in [0, 0.1) is 0 Å². The average Bonchev–Trinajstić information content (AvgIpc) is 2.30. The SMILES string of the molecule is CCC(C)(C(=O)Cc1ccc(Br)cc1)N(C)C. The Kier molecular flexibility index (Phi) is 4.90. The number of benzene rings is 1. The van der Waals surface area contributed by atoms with Gasteiger partial charge in [0.25, 0.3) is 0 Å². The van der Waals surface area contributed by atoms with Crippen LogP contribution in [-0.2, 0) is 11.2 Å². The molecular weight excluding hydrogens is 278 g/mol. The molecule has 1 aromatic carbocycles. The summed E-state index contributed by atoms with van der Waals surface area (Å²) in [6.07, 6.45) is 1.32. The van der Waals surface area contributed by atoms with Gasteiger partial charge in [-0.1, -0.05) is 35.0 Å². The first-order valence-corrected chi connectivity index (χ1v) is 6.64. The summed E-state index contributed by atoms with van der Waals surface area (Å²) in [6.45, 7) is 4.06. The summed E-state index contributed by atoms with van der Waals surface area (Å²) in [6, 6.07) is 7.94. The minimum Gasteiger partial charge on any atom is -0.297 e. The molecule has 0 N–H and O–H groups in total. The molecule has 0 amide bonds. The highest BCUT2D eigenvalue weighted by Gasteiger charge is 2.32. The van der Waals surface area contributed by atoms with Crippen molar-refractivity contribution in [2.75, 3.05) is 14.1 Å². The summed E-state index contributed by atoms with van der Waals surface area (Å²) >= 11 is 3.39. The number of rotatable bonds is 5. The van der Waals surface area contributed by atoms with Gasteiger partial charge in [0.15, 0.2) is 5.78 Å². The van der Waals surface area contributed by atoms with Gasteiger partial charge in [-0.05, 0) is 45.1 Å². The third-order valence-electron chi connectivity index (χ3n) is 3.55. The number of carbonyl (C=O) groups is 1. The van der Waals surface area contributed by atoms with Crippen molar-refractivity contribution in [3.63, 3.8) is 0 Å². The summed E-state index contributed by atoms with van der Waals surface area (Å²) in [5.41, 5.74) is 0.701. The van der Waals surface area contributed by atoms with E-state index in [2.05, 4.69) is 22.9 Å². The largest absolute Gasteiger partial charge is 0.297 e. The van der Waals surface area contributed by atoms with E-state index in [1.165, 1.54) is 0 Å². The average molecular weight is 298 g/mol. The van der Waals surface area contributed by atoms with E-state index in [0.29, 0.717) is 6.42 Å². The molecule has 2 nitrogen and oxygen atoms in total. The molecule has 0 aromatic heterocycles. The lowest BCUT2D eigenvalue weighted by Crippen LogP contribution is -2.48. The molecule has 0 aliphatic heterocycles. The number of hydrogen-bond acceptors (Lipinski definition) is 2. The van der Waals surface area contributed by atoms with Gasteiger partial charge in [0.05, 0.1) is 5.54 Å². The lowest BCUT2D eigenvalue weighted by molar-refractivity contribution is -0.128. The molecule has 0 saturated carbocycles. The molecular formula is C14H20BrNO. The molecule has 0 aliphatic rings. The van der Waals surface area contributed by atoms with Gasteiger partial charge in [-0.25, -0.2) is 0 Å². The molecule has 1 atom stereocenters. The highest BCUT2D eigenvalue weighted by molar-refractivity contribution is 9.10. The molecule has 0 heterocycles. The van der Waals surface area contributed by atoms with E-state index in [1.807, 2.05) is 50.2 Å². The molecule has 0 radical (unpaired) electrons. The van der Waals surface area contributed by atoms with Crippen molar-refractivity contribution in [3.05, 3.63) is 34.3 Å². The third-order valence-corrected chi connectivity index (χ3v) is 4.08. The van der Waals surface area contributed by atoms with Crippen LogP contribution in [-0.4, -0.2) is 30.3 Å². The van der Waals surface area contributed by atoms with Gasteiger partial charge in [-0.3, -0.25) is 9.69 Å². The molecule has 1 aromatic rings. The quantitative estimate of drug-likeness (QED) is 0.831. The van der Waals surface area contributed by atoms with Crippen LogP contribution in [0.2, 0.25) is 0 Å². The van der Waals surface area contributed by atoms with Crippen molar-refractivity contribution < 1.29 is 4.79 Å². The Morgan fingerprint density at radius 1 is 1.29 bits per heavy atom. The fraction of sp³-hybridized carbons (Fsp3) is 0.500. The van der Waals surface area contributed by atoms with E-state index >= 15 is 0 Å². The van der Waals surface area contributed by atoms with E-state index in [9.17, 15) is 4.79 Å². The molecule has 0 bridgehead atoms. The second-order valence-corrected chi connectivity index (χ2v) is 5.66. The Morgan fingerprint density at radius 3 is 2.24 bits per heavy atom. The zero-order valence-corrected chi connectivity index (χ0v) is 12.5. The molecule has 17 heavy (non-hydrogen) atoms. The van der Waals surface area contributed by atoms with Crippen molar-refractivity contribution in [2.45, 2.75) is 32.2 Å². The maximum Gasteiger partial charge on any atom is 0.157 e. The van der Waals surface area contributed by atoms with Crippen molar-refractivity contribution >= 4 is 21.7 Å². The molecule has 0 spiro atoms. The monoisotopic (exact) mass is 297 g/mol. The number of carbonyl (C=O) groups excluding carboxylic acids is 1. The normalized spacial score (nSPS) is 14.7. The fourth-order valence-electron chi connectivity index (χ4n) is 1.74. The lowest BCUT2D eigenvalue weighted by atomic mass is 9.88. The van der Waals surface area contributed by atoms with Gasteiger partial charge < -0.3 is 0 Å². The van der Waals surface area contributed by atoms with Crippen LogP contribution in [0.3, 0.4) is 0 Å². The molecule has 1 unspecified atom stereocenters. The van der Waals surface area contributed by atoms with E-state index in [0.717, 1.165) is 16.5 Å². The van der Waals surface area contributed by atoms with Crippen molar-refractivity contribution in [2.24, 2.45) is 0 Å². The number of nitrogens with zero attached hydrogens (tertiary/aromatic N) is 1. The van der Waals surface area contributed by atoms with E-state index in [1.54, 1.807) is 0 Å². The Balaban J connectivity index is 2.81. The molecule has 0 fully saturated rings. The highest BCUT2D eigenvalue weighted by atomic mass is 79.9. The zero-order valence-electron chi connectivity index (χ0n) is 11.0. The van der Waals surface area contributed by atoms with Crippen molar-refractivity contribution in [3.8, 4) is 0 Å². The van der Waals surface area contributed by atoms with Crippen LogP contribution in [0.1, 0.15) is 25.8 Å². The van der Waals surface area contributed by atoms with Crippen LogP contribution in [0.25, 0.3) is 0 Å². The summed E-state index contributed by atoms with van der Waals surface area (Å²) in [5, 5.41) is 0. The standard InChI is InChI=1S/C14H20BrNO/c1-5-14(2,16(3)4)13(17)10-11-6-8-12(15)9-7-11/h6-9H,5,10H2,1-4H3. The zero-order chi connectivity index (χ0) is 13.1. The summed E-state index contributed by atoms with van der Waals surface area (Å²) < 4.78 is 1.04. The van der Waals surface area contributed by atoms with Crippen molar-refractivity contribution in [1.82, 2.24) is 4.90 Å². The predicted molar refractivity (Wildman–Crippen MR) is 75.2 cm³/mol. The van der Waals surface area contributed by atoms with Crippen LogP contribution >= 0.6 is 15.9 Å². The van der Waals surface area contributed by atoms with Gasteiger partial charge in [0.1, 0.15) is 0 Å². The first kappa shape index (κ1) is 14.4. The summed E-state index contributed by atoms with van der Waals surface area (Å²) in [4.78, 5) is 14.3. The summed E-state index contributed by atoms with van der Waals surface area (Å²) in [5.74, 6) is 0.271. The van der Waals surface area contributed by atoms with Gasteiger partial charge in [-0.2, -0.15) is 0 Å². The number of Topliss-reactive ketones (excluding diaryl/α,β-unsaturated/α-hetero) is 1. The third kappa shape index (κ3) is 3.39.